The predicted molar refractivity (Wildman–Crippen MR) is 101 cm³/mol. The van der Waals surface area contributed by atoms with Crippen molar-refractivity contribution in [1.82, 2.24) is 13.9 Å². The molecule has 3 rings (SSSR count). The van der Waals surface area contributed by atoms with Crippen LogP contribution in [-0.4, -0.2) is 42.3 Å². The number of amides is 1. The number of hydrogen-bond acceptors (Lipinski definition) is 6. The summed E-state index contributed by atoms with van der Waals surface area (Å²) in [6.07, 6.45) is 0. The Morgan fingerprint density at radius 2 is 1.69 bits per heavy atom. The fourth-order valence-corrected chi connectivity index (χ4v) is 3.57. The van der Waals surface area contributed by atoms with Gasteiger partial charge in [0.25, 0.3) is 5.91 Å². The van der Waals surface area contributed by atoms with Gasteiger partial charge in [-0.2, -0.15) is 0 Å². The van der Waals surface area contributed by atoms with E-state index in [2.05, 4.69) is 14.9 Å². The normalized spacial score (nSPS) is 11.5. The first-order valence-electron chi connectivity index (χ1n) is 7.59. The molecule has 0 unspecified atom stereocenters. The van der Waals surface area contributed by atoms with Gasteiger partial charge in [0.05, 0.1) is 4.90 Å². The van der Waals surface area contributed by atoms with Crippen molar-refractivity contribution in [2.24, 2.45) is 0 Å². The molecule has 2 aromatic carbocycles. The van der Waals surface area contributed by atoms with Crippen molar-refractivity contribution in [3.63, 3.8) is 0 Å². The van der Waals surface area contributed by atoms with Crippen LogP contribution in [0.25, 0.3) is 11.3 Å². The molecule has 0 aliphatic rings. The maximum atomic E-state index is 12.3. The smallest absolute Gasteiger partial charge is 0.255 e. The van der Waals surface area contributed by atoms with Crippen LogP contribution in [0.1, 0.15) is 10.4 Å². The summed E-state index contributed by atoms with van der Waals surface area (Å²) in [5.41, 5.74) is 2.70. The van der Waals surface area contributed by atoms with Gasteiger partial charge in [0.1, 0.15) is 5.69 Å². The molecule has 0 spiro atoms. The summed E-state index contributed by atoms with van der Waals surface area (Å²) in [6.45, 7) is 0. The summed E-state index contributed by atoms with van der Waals surface area (Å²) in [5, 5.41) is 8.62. The molecule has 9 heteroatoms. The van der Waals surface area contributed by atoms with Gasteiger partial charge in [-0.15, -0.1) is 5.10 Å². The Balaban J connectivity index is 1.72. The third-order valence-electron chi connectivity index (χ3n) is 3.69. The molecule has 0 aliphatic heterocycles. The molecule has 1 heterocycles. The highest BCUT2D eigenvalue weighted by Crippen LogP contribution is 2.21. The molecular formula is C17H16N4O3S2. The van der Waals surface area contributed by atoms with Crippen LogP contribution in [-0.2, 0) is 10.0 Å². The number of anilines is 1. The molecule has 0 atom stereocenters. The lowest BCUT2D eigenvalue weighted by atomic mass is 10.1. The number of rotatable bonds is 5. The summed E-state index contributed by atoms with van der Waals surface area (Å²) < 4.78 is 29.0. The zero-order valence-electron chi connectivity index (χ0n) is 14.1. The quantitative estimate of drug-likeness (QED) is 0.725. The number of carbonyl (C=O) groups is 1. The molecule has 0 radical (unpaired) electrons. The maximum Gasteiger partial charge on any atom is 0.255 e. The molecule has 0 aliphatic carbocycles. The van der Waals surface area contributed by atoms with Crippen LogP contribution < -0.4 is 5.32 Å². The highest BCUT2D eigenvalue weighted by atomic mass is 32.2. The van der Waals surface area contributed by atoms with Gasteiger partial charge >= 0.3 is 0 Å². The van der Waals surface area contributed by atoms with Crippen molar-refractivity contribution >= 4 is 33.2 Å². The minimum Gasteiger partial charge on any atom is -0.322 e. The Hall–Kier alpha value is -2.62. The average Bonchev–Trinajstić information content (AvgIpc) is 3.17. The molecule has 7 nitrogen and oxygen atoms in total. The average molecular weight is 388 g/mol. The predicted octanol–water partition coefficient (Wildman–Crippen LogP) is 2.71. The van der Waals surface area contributed by atoms with Crippen LogP contribution in [0.2, 0.25) is 0 Å². The molecule has 0 saturated heterocycles. The first-order chi connectivity index (χ1) is 12.4. The van der Waals surface area contributed by atoms with E-state index in [0.717, 1.165) is 15.6 Å². The fourth-order valence-electron chi connectivity index (χ4n) is 2.21. The third-order valence-corrected chi connectivity index (χ3v) is 6.03. The molecule has 3 aromatic rings. The number of hydrogen-bond donors (Lipinski definition) is 1. The Morgan fingerprint density at radius 3 is 2.23 bits per heavy atom. The monoisotopic (exact) mass is 388 g/mol. The van der Waals surface area contributed by atoms with Gasteiger partial charge in [0.15, 0.2) is 0 Å². The Bertz CT molecular complexity index is 997. The van der Waals surface area contributed by atoms with E-state index in [4.69, 9.17) is 0 Å². The van der Waals surface area contributed by atoms with E-state index in [9.17, 15) is 13.2 Å². The Labute approximate surface area is 155 Å². The van der Waals surface area contributed by atoms with Crippen molar-refractivity contribution in [2.45, 2.75) is 4.90 Å². The zero-order valence-corrected chi connectivity index (χ0v) is 15.7. The lowest BCUT2D eigenvalue weighted by Crippen LogP contribution is -2.22. The van der Waals surface area contributed by atoms with Crippen LogP contribution in [0.5, 0.6) is 0 Å². The molecule has 0 bridgehead atoms. The lowest BCUT2D eigenvalue weighted by molar-refractivity contribution is 0.102. The van der Waals surface area contributed by atoms with E-state index < -0.39 is 10.0 Å². The van der Waals surface area contributed by atoms with E-state index in [0.29, 0.717) is 11.3 Å². The fraction of sp³-hybridized carbons (Fsp3) is 0.118. The second-order valence-electron chi connectivity index (χ2n) is 5.63. The molecular weight excluding hydrogens is 372 g/mol. The SMILES string of the molecule is CN(C)S(=O)(=O)c1ccc(C(=O)Nc2ccc(-c3csnn3)cc2)cc1. The van der Waals surface area contributed by atoms with Crippen molar-refractivity contribution in [3.8, 4) is 11.3 Å². The van der Waals surface area contributed by atoms with E-state index in [1.54, 1.807) is 12.1 Å². The van der Waals surface area contributed by atoms with Gasteiger partial charge in [-0.25, -0.2) is 12.7 Å². The van der Waals surface area contributed by atoms with Crippen molar-refractivity contribution in [1.29, 1.82) is 0 Å². The van der Waals surface area contributed by atoms with Crippen LogP contribution in [0.4, 0.5) is 5.69 Å². The molecule has 26 heavy (non-hydrogen) atoms. The maximum absolute atomic E-state index is 12.3. The molecule has 0 saturated carbocycles. The molecule has 1 N–H and O–H groups in total. The summed E-state index contributed by atoms with van der Waals surface area (Å²) >= 11 is 1.27. The van der Waals surface area contributed by atoms with Gasteiger partial charge < -0.3 is 5.32 Å². The topological polar surface area (TPSA) is 92.3 Å². The van der Waals surface area contributed by atoms with Crippen LogP contribution >= 0.6 is 11.5 Å². The van der Waals surface area contributed by atoms with Crippen molar-refractivity contribution < 1.29 is 13.2 Å². The van der Waals surface area contributed by atoms with Gasteiger partial charge in [0.2, 0.25) is 10.0 Å². The number of nitrogens with one attached hydrogen (secondary N) is 1. The van der Waals surface area contributed by atoms with Crippen LogP contribution in [0.3, 0.4) is 0 Å². The zero-order chi connectivity index (χ0) is 18.7. The van der Waals surface area contributed by atoms with Crippen LogP contribution in [0.15, 0.2) is 58.8 Å². The summed E-state index contributed by atoms with van der Waals surface area (Å²) in [4.78, 5) is 12.5. The number of sulfonamides is 1. The Morgan fingerprint density at radius 1 is 1.04 bits per heavy atom. The van der Waals surface area contributed by atoms with Gasteiger partial charge in [-0.05, 0) is 47.9 Å². The van der Waals surface area contributed by atoms with E-state index in [1.165, 1.54) is 49.9 Å². The second kappa shape index (κ2) is 7.32. The molecule has 1 amide bonds. The van der Waals surface area contributed by atoms with Crippen molar-refractivity contribution in [2.75, 3.05) is 19.4 Å². The Kier molecular flexibility index (Phi) is 5.12. The highest BCUT2D eigenvalue weighted by molar-refractivity contribution is 7.89. The van der Waals surface area contributed by atoms with Crippen molar-refractivity contribution in [3.05, 3.63) is 59.5 Å². The minimum absolute atomic E-state index is 0.139. The first kappa shape index (κ1) is 18.2. The summed E-state index contributed by atoms with van der Waals surface area (Å²) in [5.74, 6) is -0.318. The van der Waals surface area contributed by atoms with E-state index in [1.807, 2.05) is 17.5 Å². The second-order valence-corrected chi connectivity index (χ2v) is 8.40. The standard InChI is InChI=1S/C17H16N4O3S2/c1-21(2)26(23,24)15-9-5-13(6-10-15)17(22)18-14-7-3-12(4-8-14)16-11-25-20-19-16/h3-11H,1-2H3,(H,18,22). The number of benzene rings is 2. The van der Waals surface area contributed by atoms with E-state index >= 15 is 0 Å². The number of aromatic nitrogens is 2. The van der Waals surface area contributed by atoms with Gasteiger partial charge in [-0.1, -0.05) is 16.6 Å². The highest BCUT2D eigenvalue weighted by Gasteiger charge is 2.17. The van der Waals surface area contributed by atoms with Gasteiger partial charge in [-0.3, -0.25) is 4.79 Å². The van der Waals surface area contributed by atoms with E-state index in [-0.39, 0.29) is 10.8 Å². The van der Waals surface area contributed by atoms with Gasteiger partial charge in [0, 0.05) is 36.3 Å². The first-order valence-corrected chi connectivity index (χ1v) is 9.87. The minimum atomic E-state index is -3.51. The third kappa shape index (κ3) is 3.79. The molecule has 0 fully saturated rings. The molecule has 1 aromatic heterocycles. The summed E-state index contributed by atoms with van der Waals surface area (Å²) in [7, 11) is -0.594. The van der Waals surface area contributed by atoms with Crippen LogP contribution in [0, 0.1) is 0 Å². The molecule has 134 valence electrons. The number of carbonyl (C=O) groups excluding carboxylic acids is 1. The number of nitrogens with zero attached hydrogens (tertiary/aromatic N) is 3. The summed E-state index contributed by atoms with van der Waals surface area (Å²) in [6, 6.07) is 13.1. The lowest BCUT2D eigenvalue weighted by Gasteiger charge is -2.11. The largest absolute Gasteiger partial charge is 0.322 e.